The smallest absolute Gasteiger partial charge is 0.166 e. The summed E-state index contributed by atoms with van der Waals surface area (Å²) in [5.74, 6) is 0.621. The van der Waals surface area contributed by atoms with Crippen molar-refractivity contribution in [2.45, 2.75) is 39.3 Å². The summed E-state index contributed by atoms with van der Waals surface area (Å²) in [5.41, 5.74) is 0.404. The van der Waals surface area contributed by atoms with Crippen LogP contribution in [0.15, 0.2) is 24.3 Å². The van der Waals surface area contributed by atoms with E-state index in [0.29, 0.717) is 5.88 Å². The lowest BCUT2D eigenvalue weighted by molar-refractivity contribution is -0.137. The van der Waals surface area contributed by atoms with Crippen LogP contribution in [-0.4, -0.2) is 5.88 Å². The third-order valence-corrected chi connectivity index (χ3v) is 3.22. The van der Waals surface area contributed by atoms with Crippen molar-refractivity contribution in [1.82, 2.24) is 0 Å². The second-order valence-corrected chi connectivity index (χ2v) is 5.71. The minimum absolute atomic E-state index is 0.0641. The maximum absolute atomic E-state index is 12.4. The van der Waals surface area contributed by atoms with E-state index < -0.39 is 11.7 Å². The molecule has 0 spiro atoms. The van der Waals surface area contributed by atoms with Crippen molar-refractivity contribution in [2.75, 3.05) is 5.88 Å². The predicted octanol–water partition coefficient (Wildman–Crippen LogP) is 5.29. The molecule has 0 amide bonds. The van der Waals surface area contributed by atoms with Gasteiger partial charge in [0, 0.05) is 5.88 Å². The number of halogens is 4. The van der Waals surface area contributed by atoms with E-state index in [1.165, 1.54) is 0 Å². The first kappa shape index (κ1) is 15.4. The topological polar surface area (TPSA) is 0 Å². The van der Waals surface area contributed by atoms with Gasteiger partial charge >= 0.3 is 6.18 Å². The first-order valence-corrected chi connectivity index (χ1v) is 6.50. The lowest BCUT2D eigenvalue weighted by atomic mass is 9.82. The summed E-state index contributed by atoms with van der Waals surface area (Å²) in [4.78, 5) is 0. The molecule has 0 aliphatic rings. The predicted molar refractivity (Wildman–Crippen MR) is 68.9 cm³/mol. The Kier molecular flexibility index (Phi) is 5.09. The summed E-state index contributed by atoms with van der Waals surface area (Å²) in [7, 11) is 0. The quantitative estimate of drug-likeness (QED) is 0.642. The van der Waals surface area contributed by atoms with Gasteiger partial charge in [-0.25, -0.2) is 0 Å². The van der Waals surface area contributed by atoms with E-state index >= 15 is 0 Å². The molecule has 4 heteroatoms. The van der Waals surface area contributed by atoms with E-state index in [1.807, 2.05) is 0 Å². The fourth-order valence-electron chi connectivity index (χ4n) is 2.00. The lowest BCUT2D eigenvalue weighted by Crippen LogP contribution is -2.15. The molecule has 0 unspecified atom stereocenters. The molecule has 0 heterocycles. The number of alkyl halides is 4. The van der Waals surface area contributed by atoms with Gasteiger partial charge in [0.25, 0.3) is 0 Å². The van der Waals surface area contributed by atoms with Crippen LogP contribution in [0, 0.1) is 5.41 Å². The van der Waals surface area contributed by atoms with Gasteiger partial charge in [-0.15, -0.1) is 11.6 Å². The third kappa shape index (κ3) is 4.89. The highest BCUT2D eigenvalue weighted by Gasteiger charge is 2.30. The first-order chi connectivity index (χ1) is 8.24. The Morgan fingerprint density at radius 2 is 1.61 bits per heavy atom. The summed E-state index contributed by atoms with van der Waals surface area (Å²) >= 11 is 5.66. The second kappa shape index (κ2) is 5.96. The molecule has 0 aliphatic carbocycles. The number of hydrogen-bond donors (Lipinski definition) is 0. The van der Waals surface area contributed by atoms with Crippen LogP contribution in [0.3, 0.4) is 0 Å². The summed E-state index contributed by atoms with van der Waals surface area (Å²) in [6, 6.07) is 5.41. The van der Waals surface area contributed by atoms with Gasteiger partial charge in [-0.05, 0) is 42.4 Å². The molecule has 0 saturated carbocycles. The highest BCUT2D eigenvalue weighted by molar-refractivity contribution is 6.17. The monoisotopic (exact) mass is 278 g/mol. The summed E-state index contributed by atoms with van der Waals surface area (Å²) in [5, 5.41) is 0. The van der Waals surface area contributed by atoms with Crippen molar-refractivity contribution in [2.24, 2.45) is 5.41 Å². The molecule has 18 heavy (non-hydrogen) atoms. The average molecular weight is 279 g/mol. The van der Waals surface area contributed by atoms with Crippen LogP contribution in [-0.2, 0) is 12.6 Å². The van der Waals surface area contributed by atoms with Gasteiger partial charge in [0.1, 0.15) is 0 Å². The molecule has 0 aromatic heterocycles. The van der Waals surface area contributed by atoms with E-state index in [-0.39, 0.29) is 5.41 Å². The molecular formula is C14H18ClF3. The largest absolute Gasteiger partial charge is 0.416 e. The van der Waals surface area contributed by atoms with Crippen LogP contribution in [0.25, 0.3) is 0 Å². The molecule has 0 N–H and O–H groups in total. The minimum Gasteiger partial charge on any atom is -0.166 e. The van der Waals surface area contributed by atoms with Gasteiger partial charge in [0.2, 0.25) is 0 Å². The van der Waals surface area contributed by atoms with E-state index in [2.05, 4.69) is 13.8 Å². The zero-order chi connectivity index (χ0) is 13.8. The van der Waals surface area contributed by atoms with E-state index in [9.17, 15) is 13.2 Å². The molecular weight excluding hydrogens is 261 g/mol. The Morgan fingerprint density at radius 1 is 1.06 bits per heavy atom. The van der Waals surface area contributed by atoms with Gasteiger partial charge in [0.15, 0.2) is 0 Å². The zero-order valence-electron chi connectivity index (χ0n) is 10.6. The summed E-state index contributed by atoms with van der Waals surface area (Å²) < 4.78 is 37.2. The third-order valence-electron chi connectivity index (χ3n) is 2.95. The Morgan fingerprint density at radius 3 is 2.06 bits per heavy atom. The van der Waals surface area contributed by atoms with Crippen LogP contribution < -0.4 is 0 Å². The molecule has 0 fully saturated rings. The molecule has 102 valence electrons. The molecule has 0 bridgehead atoms. The molecule has 0 atom stereocenters. The fraction of sp³-hybridized carbons (Fsp3) is 0.571. The van der Waals surface area contributed by atoms with Crippen molar-refractivity contribution >= 4 is 11.6 Å². The van der Waals surface area contributed by atoms with Crippen molar-refractivity contribution in [3.05, 3.63) is 35.4 Å². The average Bonchev–Trinajstić information content (AvgIpc) is 2.25. The minimum atomic E-state index is -4.26. The number of hydrogen-bond acceptors (Lipinski definition) is 0. The Bertz CT molecular complexity index is 366. The van der Waals surface area contributed by atoms with Crippen LogP contribution in [0.2, 0.25) is 0 Å². The molecule has 1 aromatic carbocycles. The lowest BCUT2D eigenvalue weighted by Gasteiger charge is -2.24. The fourth-order valence-corrected chi connectivity index (χ4v) is 2.13. The number of rotatable bonds is 5. The molecule has 1 aromatic rings. The van der Waals surface area contributed by atoms with Crippen LogP contribution in [0.1, 0.15) is 37.8 Å². The maximum Gasteiger partial charge on any atom is 0.416 e. The van der Waals surface area contributed by atoms with Gasteiger partial charge in [-0.2, -0.15) is 13.2 Å². The Labute approximate surface area is 111 Å². The Balaban J connectivity index is 2.69. The van der Waals surface area contributed by atoms with Crippen molar-refractivity contribution < 1.29 is 13.2 Å². The normalized spacial score (nSPS) is 12.8. The van der Waals surface area contributed by atoms with Crippen LogP contribution in [0.4, 0.5) is 13.2 Å². The molecule has 0 saturated heterocycles. The standard InChI is InChI=1S/C14H18ClF3/c1-13(2,8-3-9-15)10-11-4-6-12(7-5-11)14(16,17)18/h4-7H,3,8-10H2,1-2H3. The van der Waals surface area contributed by atoms with Crippen LogP contribution in [0.5, 0.6) is 0 Å². The highest BCUT2D eigenvalue weighted by Crippen LogP contribution is 2.31. The first-order valence-electron chi connectivity index (χ1n) is 5.97. The number of benzene rings is 1. The Hall–Kier alpha value is -0.700. The zero-order valence-corrected chi connectivity index (χ0v) is 11.4. The summed E-state index contributed by atoms with van der Waals surface area (Å²) in [6.07, 6.45) is -1.60. The van der Waals surface area contributed by atoms with Gasteiger partial charge in [-0.3, -0.25) is 0 Å². The van der Waals surface area contributed by atoms with Crippen molar-refractivity contribution in [3.8, 4) is 0 Å². The van der Waals surface area contributed by atoms with Crippen molar-refractivity contribution in [3.63, 3.8) is 0 Å². The second-order valence-electron chi connectivity index (χ2n) is 5.33. The highest BCUT2D eigenvalue weighted by atomic mass is 35.5. The van der Waals surface area contributed by atoms with Gasteiger partial charge in [-0.1, -0.05) is 26.0 Å². The molecule has 0 nitrogen and oxygen atoms in total. The molecule has 0 aliphatic heterocycles. The summed E-state index contributed by atoms with van der Waals surface area (Å²) in [6.45, 7) is 4.22. The van der Waals surface area contributed by atoms with E-state index in [0.717, 1.165) is 37.0 Å². The SMILES string of the molecule is CC(C)(CCCCl)Cc1ccc(C(F)(F)F)cc1. The van der Waals surface area contributed by atoms with Gasteiger partial charge < -0.3 is 0 Å². The van der Waals surface area contributed by atoms with E-state index in [4.69, 9.17) is 11.6 Å². The van der Waals surface area contributed by atoms with Crippen LogP contribution >= 0.6 is 11.6 Å². The van der Waals surface area contributed by atoms with Gasteiger partial charge in [0.05, 0.1) is 5.56 Å². The molecule has 0 radical (unpaired) electrons. The van der Waals surface area contributed by atoms with E-state index in [1.54, 1.807) is 12.1 Å². The molecule has 1 rings (SSSR count). The maximum atomic E-state index is 12.4. The van der Waals surface area contributed by atoms with Crippen molar-refractivity contribution in [1.29, 1.82) is 0 Å².